The molecule has 1 aliphatic carbocycles. The van der Waals surface area contributed by atoms with Crippen LogP contribution in [0, 0.1) is 13.8 Å². The fourth-order valence-electron chi connectivity index (χ4n) is 4.12. The van der Waals surface area contributed by atoms with E-state index in [9.17, 15) is 0 Å². The second kappa shape index (κ2) is 6.99. The number of allylic oxidation sites excluding steroid dienone is 5. The van der Waals surface area contributed by atoms with Crippen LogP contribution in [0.15, 0.2) is 71.2 Å². The van der Waals surface area contributed by atoms with Crippen molar-refractivity contribution >= 4 is 11.8 Å². The van der Waals surface area contributed by atoms with Crippen LogP contribution in [0.2, 0.25) is 0 Å². The summed E-state index contributed by atoms with van der Waals surface area (Å²) in [4.78, 5) is 0. The van der Waals surface area contributed by atoms with Crippen molar-refractivity contribution in [1.29, 1.82) is 0 Å². The largest absolute Gasteiger partial charge is 0.504 e. The second-order valence-corrected chi connectivity index (χ2v) is 7.32. The van der Waals surface area contributed by atoms with E-state index in [1.54, 1.807) is 13.4 Å². The smallest absolute Gasteiger partial charge is 0.0830 e. The van der Waals surface area contributed by atoms with Crippen LogP contribution in [0.5, 0.6) is 0 Å². The predicted molar refractivity (Wildman–Crippen MR) is 113 cm³/mol. The number of aryl methyl sites for hydroxylation is 2. The summed E-state index contributed by atoms with van der Waals surface area (Å²) in [6, 6.07) is 4.74. The number of dihydropyridines is 2. The minimum Gasteiger partial charge on any atom is -0.504 e. The van der Waals surface area contributed by atoms with Crippen LogP contribution < -0.4 is 10.6 Å². The van der Waals surface area contributed by atoms with Gasteiger partial charge >= 0.3 is 0 Å². The lowest BCUT2D eigenvalue weighted by Gasteiger charge is -2.33. The zero-order valence-corrected chi connectivity index (χ0v) is 16.4. The SMILES string of the molecule is CO/C=C\c1c(C)cc(C)cc1C1=C2C=CC3NC(C)=CC=C3C2=CCN1. The van der Waals surface area contributed by atoms with E-state index < -0.39 is 0 Å². The highest BCUT2D eigenvalue weighted by molar-refractivity contribution is 5.84. The molecule has 3 nitrogen and oxygen atoms in total. The van der Waals surface area contributed by atoms with E-state index in [4.69, 9.17) is 4.74 Å². The Kier molecular flexibility index (Phi) is 4.53. The molecule has 27 heavy (non-hydrogen) atoms. The normalized spacial score (nSPS) is 20.9. The topological polar surface area (TPSA) is 33.3 Å². The third-order valence-corrected chi connectivity index (χ3v) is 5.31. The monoisotopic (exact) mass is 358 g/mol. The van der Waals surface area contributed by atoms with Gasteiger partial charge in [-0.05, 0) is 61.3 Å². The molecule has 2 N–H and O–H groups in total. The first-order chi connectivity index (χ1) is 13.1. The summed E-state index contributed by atoms with van der Waals surface area (Å²) in [6.07, 6.45) is 15.0. The third-order valence-electron chi connectivity index (χ3n) is 5.31. The molecule has 138 valence electrons. The van der Waals surface area contributed by atoms with Crippen LogP contribution in [0.4, 0.5) is 0 Å². The second-order valence-electron chi connectivity index (χ2n) is 7.32. The lowest BCUT2D eigenvalue weighted by Crippen LogP contribution is -2.34. The van der Waals surface area contributed by atoms with Crippen LogP contribution >= 0.6 is 0 Å². The molecule has 0 radical (unpaired) electrons. The number of benzene rings is 1. The van der Waals surface area contributed by atoms with Gasteiger partial charge in [-0.2, -0.15) is 0 Å². The Morgan fingerprint density at radius 3 is 2.81 bits per heavy atom. The van der Waals surface area contributed by atoms with Gasteiger partial charge in [-0.15, -0.1) is 0 Å². The molecule has 0 saturated carbocycles. The first-order valence-electron chi connectivity index (χ1n) is 9.41. The Bertz CT molecular complexity index is 970. The molecule has 3 aliphatic rings. The molecule has 1 unspecified atom stereocenters. The molecule has 0 spiro atoms. The summed E-state index contributed by atoms with van der Waals surface area (Å²) in [5, 5.41) is 7.18. The van der Waals surface area contributed by atoms with Crippen molar-refractivity contribution < 1.29 is 4.74 Å². The fraction of sp³-hybridized carbons (Fsp3) is 0.250. The predicted octanol–water partition coefficient (Wildman–Crippen LogP) is 4.53. The highest BCUT2D eigenvalue weighted by atomic mass is 16.5. The molecule has 0 fully saturated rings. The van der Waals surface area contributed by atoms with Gasteiger partial charge in [-0.3, -0.25) is 0 Å². The molecule has 0 aromatic heterocycles. The maximum Gasteiger partial charge on any atom is 0.0830 e. The highest BCUT2D eigenvalue weighted by Gasteiger charge is 2.28. The number of methoxy groups -OCH3 is 1. The summed E-state index contributed by atoms with van der Waals surface area (Å²) < 4.78 is 5.19. The van der Waals surface area contributed by atoms with E-state index >= 15 is 0 Å². The van der Waals surface area contributed by atoms with Gasteiger partial charge in [0.25, 0.3) is 0 Å². The van der Waals surface area contributed by atoms with E-state index in [2.05, 4.69) is 80.0 Å². The number of hydrogen-bond acceptors (Lipinski definition) is 3. The number of rotatable bonds is 3. The molecule has 4 rings (SSSR count). The van der Waals surface area contributed by atoms with E-state index in [1.807, 2.05) is 0 Å². The first-order valence-corrected chi connectivity index (χ1v) is 9.41. The minimum atomic E-state index is 0.261. The van der Waals surface area contributed by atoms with Crippen LogP contribution in [-0.4, -0.2) is 19.7 Å². The maximum atomic E-state index is 5.19. The van der Waals surface area contributed by atoms with Crippen molar-refractivity contribution in [2.24, 2.45) is 0 Å². The van der Waals surface area contributed by atoms with Gasteiger partial charge in [-0.1, -0.05) is 35.9 Å². The lowest BCUT2D eigenvalue weighted by atomic mass is 9.81. The van der Waals surface area contributed by atoms with Crippen LogP contribution in [0.1, 0.15) is 29.2 Å². The standard InChI is InChI=1S/C24H26N2O/c1-15-13-16(2)18(10-12-27-4)22(14-15)24-21-7-8-23-20(6-5-17(3)26-23)19(21)9-11-25-24/h5-10,12-14,23,25-26H,11H2,1-4H3/b12-10-. The quantitative estimate of drug-likeness (QED) is 0.779. The summed E-state index contributed by atoms with van der Waals surface area (Å²) in [7, 11) is 1.68. The molecular formula is C24H26N2O. The van der Waals surface area contributed by atoms with Gasteiger partial charge in [-0.25, -0.2) is 0 Å². The zero-order valence-electron chi connectivity index (χ0n) is 16.4. The molecule has 0 bridgehead atoms. The molecule has 0 amide bonds. The Labute approximate surface area is 161 Å². The summed E-state index contributed by atoms with van der Waals surface area (Å²) in [5.74, 6) is 0. The molecule has 2 heterocycles. The molecule has 1 aromatic rings. The van der Waals surface area contributed by atoms with E-state index in [0.29, 0.717) is 0 Å². The Morgan fingerprint density at radius 2 is 2.00 bits per heavy atom. The Hall–Kier alpha value is -2.94. The molecule has 3 heteroatoms. The number of ether oxygens (including phenoxy) is 1. The van der Waals surface area contributed by atoms with Crippen LogP contribution in [-0.2, 0) is 4.74 Å². The minimum absolute atomic E-state index is 0.261. The van der Waals surface area contributed by atoms with Gasteiger partial charge in [0, 0.05) is 23.4 Å². The molecule has 1 aromatic carbocycles. The Morgan fingerprint density at radius 1 is 1.15 bits per heavy atom. The molecule has 2 aliphatic heterocycles. The highest BCUT2D eigenvalue weighted by Crippen LogP contribution is 2.38. The summed E-state index contributed by atoms with van der Waals surface area (Å²) in [5.41, 5.74) is 11.3. The molecule has 0 saturated heterocycles. The van der Waals surface area contributed by atoms with Gasteiger partial charge in [0.05, 0.1) is 25.1 Å². The van der Waals surface area contributed by atoms with Crippen molar-refractivity contribution in [3.63, 3.8) is 0 Å². The summed E-state index contributed by atoms with van der Waals surface area (Å²) in [6.45, 7) is 7.25. The molecular weight excluding hydrogens is 332 g/mol. The van der Waals surface area contributed by atoms with Crippen molar-refractivity contribution in [2.45, 2.75) is 26.8 Å². The Balaban J connectivity index is 1.90. The van der Waals surface area contributed by atoms with Crippen molar-refractivity contribution in [3.8, 4) is 0 Å². The lowest BCUT2D eigenvalue weighted by molar-refractivity contribution is 0.341. The summed E-state index contributed by atoms with van der Waals surface area (Å²) >= 11 is 0. The van der Waals surface area contributed by atoms with Crippen LogP contribution in [0.3, 0.4) is 0 Å². The maximum absolute atomic E-state index is 5.19. The van der Waals surface area contributed by atoms with Crippen LogP contribution in [0.25, 0.3) is 11.8 Å². The number of nitrogens with one attached hydrogen (secondary N) is 2. The zero-order chi connectivity index (χ0) is 19.0. The van der Waals surface area contributed by atoms with Crippen molar-refractivity contribution in [1.82, 2.24) is 10.6 Å². The van der Waals surface area contributed by atoms with Gasteiger partial charge in [0.1, 0.15) is 0 Å². The number of hydrogen-bond donors (Lipinski definition) is 2. The van der Waals surface area contributed by atoms with Gasteiger partial charge in [0.2, 0.25) is 0 Å². The van der Waals surface area contributed by atoms with Gasteiger partial charge in [0.15, 0.2) is 0 Å². The van der Waals surface area contributed by atoms with E-state index in [1.165, 1.54) is 50.4 Å². The molecule has 1 atom stereocenters. The first kappa shape index (κ1) is 17.5. The fourth-order valence-corrected chi connectivity index (χ4v) is 4.12. The average molecular weight is 358 g/mol. The van der Waals surface area contributed by atoms with E-state index in [0.717, 1.165) is 6.54 Å². The number of fused-ring (bicyclic) bond motifs is 3. The van der Waals surface area contributed by atoms with E-state index in [-0.39, 0.29) is 6.04 Å². The van der Waals surface area contributed by atoms with Crippen molar-refractivity contribution in [2.75, 3.05) is 13.7 Å². The average Bonchev–Trinajstić information content (AvgIpc) is 2.66. The van der Waals surface area contributed by atoms with Crippen molar-refractivity contribution in [3.05, 3.63) is 93.4 Å². The van der Waals surface area contributed by atoms with Gasteiger partial charge < -0.3 is 15.4 Å². The third kappa shape index (κ3) is 3.14.